The summed E-state index contributed by atoms with van der Waals surface area (Å²) in [4.78, 5) is 26.3. The number of para-hydroxylation sites is 1. The van der Waals surface area contributed by atoms with Crippen LogP contribution >= 0.6 is 11.6 Å². The molecule has 0 aliphatic carbocycles. The summed E-state index contributed by atoms with van der Waals surface area (Å²) in [7, 11) is 1.56. The van der Waals surface area contributed by atoms with Gasteiger partial charge in [0, 0.05) is 10.6 Å². The molecule has 0 unspecified atom stereocenters. The first-order valence-corrected chi connectivity index (χ1v) is 10.3. The zero-order chi connectivity index (χ0) is 22.7. The Bertz CT molecular complexity index is 1320. The van der Waals surface area contributed by atoms with Crippen LogP contribution in [0.5, 0.6) is 5.75 Å². The molecule has 1 N–H and O–H groups in total. The average Bonchev–Trinajstić information content (AvgIpc) is 2.83. The number of amides is 1. The molecule has 0 spiro atoms. The van der Waals surface area contributed by atoms with Gasteiger partial charge < -0.3 is 10.1 Å². The van der Waals surface area contributed by atoms with Crippen LogP contribution in [-0.2, 0) is 0 Å². The van der Waals surface area contributed by atoms with E-state index in [0.717, 1.165) is 0 Å². The lowest BCUT2D eigenvalue weighted by atomic mass is 10.0. The highest BCUT2D eigenvalue weighted by atomic mass is 35.5. The van der Waals surface area contributed by atoms with Gasteiger partial charge in [-0.05, 0) is 61.0 Å². The molecule has 0 bridgehead atoms. The second-order valence-electron chi connectivity index (χ2n) is 7.08. The SMILES string of the molecule is COc1ccc(C(=O)Nc2c(-c3ccc(Cl)cc3)c(=O)c(C)nn2-c2ccccc2)cc1. The fourth-order valence-electron chi connectivity index (χ4n) is 3.32. The largest absolute Gasteiger partial charge is 0.497 e. The molecule has 0 saturated carbocycles. The number of anilines is 1. The van der Waals surface area contributed by atoms with Gasteiger partial charge in [-0.1, -0.05) is 41.9 Å². The lowest BCUT2D eigenvalue weighted by Crippen LogP contribution is -2.24. The van der Waals surface area contributed by atoms with Gasteiger partial charge in [-0.15, -0.1) is 0 Å². The van der Waals surface area contributed by atoms with Crippen molar-refractivity contribution >= 4 is 23.3 Å². The molecule has 0 fully saturated rings. The molecule has 0 aliphatic rings. The Morgan fingerprint density at radius 2 is 1.62 bits per heavy atom. The Balaban J connectivity index is 1.91. The van der Waals surface area contributed by atoms with Crippen LogP contribution < -0.4 is 15.5 Å². The number of rotatable bonds is 5. The minimum absolute atomic E-state index is 0.273. The number of carbonyl (C=O) groups excluding carboxylic acids is 1. The van der Waals surface area contributed by atoms with Crippen molar-refractivity contribution in [3.8, 4) is 22.6 Å². The van der Waals surface area contributed by atoms with Crippen LogP contribution in [0.4, 0.5) is 5.82 Å². The quantitative estimate of drug-likeness (QED) is 0.462. The number of halogens is 1. The number of benzene rings is 3. The van der Waals surface area contributed by atoms with Crippen LogP contribution in [-0.4, -0.2) is 22.8 Å². The van der Waals surface area contributed by atoms with Crippen LogP contribution in [0.15, 0.2) is 83.7 Å². The van der Waals surface area contributed by atoms with Crippen LogP contribution in [0, 0.1) is 6.92 Å². The first-order chi connectivity index (χ1) is 15.5. The van der Waals surface area contributed by atoms with Gasteiger partial charge in [0.25, 0.3) is 5.91 Å². The molecular formula is C25H20ClN3O3. The first-order valence-electron chi connectivity index (χ1n) is 9.88. The van der Waals surface area contributed by atoms with Crippen molar-refractivity contribution in [1.29, 1.82) is 0 Å². The third kappa shape index (κ3) is 4.26. The molecule has 0 saturated heterocycles. The number of ether oxygens (including phenoxy) is 1. The van der Waals surface area contributed by atoms with Gasteiger partial charge in [0.05, 0.1) is 18.4 Å². The number of hydrogen-bond acceptors (Lipinski definition) is 4. The Morgan fingerprint density at radius 3 is 2.25 bits per heavy atom. The monoisotopic (exact) mass is 445 g/mol. The van der Waals surface area contributed by atoms with E-state index in [0.29, 0.717) is 38.8 Å². The molecule has 0 atom stereocenters. The summed E-state index contributed by atoms with van der Waals surface area (Å²) in [6.07, 6.45) is 0. The Kier molecular flexibility index (Phi) is 6.05. The fraction of sp³-hybridized carbons (Fsp3) is 0.0800. The van der Waals surface area contributed by atoms with Gasteiger partial charge in [-0.2, -0.15) is 5.10 Å². The van der Waals surface area contributed by atoms with Crippen LogP contribution in [0.1, 0.15) is 16.1 Å². The normalized spacial score (nSPS) is 10.6. The van der Waals surface area contributed by atoms with E-state index in [2.05, 4.69) is 10.4 Å². The van der Waals surface area contributed by atoms with Crippen molar-refractivity contribution in [2.75, 3.05) is 12.4 Å². The van der Waals surface area contributed by atoms with E-state index in [1.807, 2.05) is 30.3 Å². The fourth-order valence-corrected chi connectivity index (χ4v) is 3.44. The smallest absolute Gasteiger partial charge is 0.256 e. The van der Waals surface area contributed by atoms with Crippen molar-refractivity contribution in [1.82, 2.24) is 9.78 Å². The summed E-state index contributed by atoms with van der Waals surface area (Å²) < 4.78 is 6.73. The topological polar surface area (TPSA) is 73.2 Å². The molecule has 1 aromatic heterocycles. The summed E-state index contributed by atoms with van der Waals surface area (Å²) in [5.41, 5.74) is 2.11. The number of methoxy groups -OCH3 is 1. The number of nitrogens with one attached hydrogen (secondary N) is 1. The van der Waals surface area contributed by atoms with Crippen LogP contribution in [0.2, 0.25) is 5.02 Å². The maximum absolute atomic E-state index is 13.2. The highest BCUT2D eigenvalue weighted by molar-refractivity contribution is 6.30. The van der Waals surface area contributed by atoms with Gasteiger partial charge >= 0.3 is 0 Å². The summed E-state index contributed by atoms with van der Waals surface area (Å²) in [5.74, 6) is 0.536. The van der Waals surface area contributed by atoms with E-state index in [1.165, 1.54) is 0 Å². The number of aryl methyl sites for hydroxylation is 1. The summed E-state index contributed by atoms with van der Waals surface area (Å²) in [5, 5.41) is 7.91. The molecule has 1 amide bonds. The first kappa shape index (κ1) is 21.3. The zero-order valence-electron chi connectivity index (χ0n) is 17.5. The molecule has 4 aromatic rings. The highest BCUT2D eigenvalue weighted by Crippen LogP contribution is 2.28. The maximum atomic E-state index is 13.2. The van der Waals surface area contributed by atoms with Crippen LogP contribution in [0.25, 0.3) is 16.8 Å². The molecule has 7 heteroatoms. The molecule has 4 rings (SSSR count). The van der Waals surface area contributed by atoms with Crippen molar-refractivity contribution in [2.45, 2.75) is 6.92 Å². The van der Waals surface area contributed by atoms with E-state index in [4.69, 9.17) is 16.3 Å². The van der Waals surface area contributed by atoms with Crippen LogP contribution in [0.3, 0.4) is 0 Å². The average molecular weight is 446 g/mol. The molecule has 0 aliphatic heterocycles. The predicted octanol–water partition coefficient (Wildman–Crippen LogP) is 5.12. The molecular weight excluding hydrogens is 426 g/mol. The molecule has 160 valence electrons. The number of carbonyl (C=O) groups is 1. The van der Waals surface area contributed by atoms with E-state index < -0.39 is 0 Å². The highest BCUT2D eigenvalue weighted by Gasteiger charge is 2.21. The van der Waals surface area contributed by atoms with E-state index in [-0.39, 0.29) is 17.2 Å². The summed E-state index contributed by atoms with van der Waals surface area (Å²) in [6.45, 7) is 1.65. The number of hydrogen-bond donors (Lipinski definition) is 1. The van der Waals surface area contributed by atoms with E-state index in [9.17, 15) is 9.59 Å². The minimum atomic E-state index is -0.377. The van der Waals surface area contributed by atoms with Gasteiger partial charge in [0.1, 0.15) is 17.3 Å². The van der Waals surface area contributed by atoms with Gasteiger partial charge in [0.15, 0.2) is 0 Å². The Hall–Kier alpha value is -3.90. The van der Waals surface area contributed by atoms with Crippen molar-refractivity contribution in [2.24, 2.45) is 0 Å². The Morgan fingerprint density at radius 1 is 0.969 bits per heavy atom. The summed E-state index contributed by atoms with van der Waals surface area (Å²) >= 11 is 6.05. The van der Waals surface area contributed by atoms with Crippen molar-refractivity contribution in [3.63, 3.8) is 0 Å². The minimum Gasteiger partial charge on any atom is -0.497 e. The summed E-state index contributed by atoms with van der Waals surface area (Å²) in [6, 6.07) is 22.9. The van der Waals surface area contributed by atoms with Gasteiger partial charge in [-0.25, -0.2) is 4.68 Å². The molecule has 0 radical (unpaired) electrons. The molecule has 32 heavy (non-hydrogen) atoms. The number of aromatic nitrogens is 2. The predicted molar refractivity (Wildman–Crippen MR) is 126 cm³/mol. The van der Waals surface area contributed by atoms with E-state index >= 15 is 0 Å². The van der Waals surface area contributed by atoms with Crippen molar-refractivity contribution < 1.29 is 9.53 Å². The molecule has 1 heterocycles. The standard InChI is InChI=1S/C25H20ClN3O3/c1-16-23(30)22(17-8-12-19(26)13-9-17)24(29(28-16)20-6-4-3-5-7-20)27-25(31)18-10-14-21(32-2)15-11-18/h3-15H,1-2H3,(H,27,31). The number of nitrogens with zero attached hydrogens (tertiary/aromatic N) is 2. The zero-order valence-corrected chi connectivity index (χ0v) is 18.3. The third-order valence-corrected chi connectivity index (χ3v) is 5.22. The van der Waals surface area contributed by atoms with Gasteiger partial charge in [0.2, 0.25) is 5.43 Å². The lowest BCUT2D eigenvalue weighted by molar-refractivity contribution is 0.102. The van der Waals surface area contributed by atoms with Crippen molar-refractivity contribution in [3.05, 3.63) is 105 Å². The maximum Gasteiger partial charge on any atom is 0.256 e. The lowest BCUT2D eigenvalue weighted by Gasteiger charge is -2.18. The van der Waals surface area contributed by atoms with E-state index in [1.54, 1.807) is 67.2 Å². The molecule has 6 nitrogen and oxygen atoms in total. The second kappa shape index (κ2) is 9.08. The third-order valence-electron chi connectivity index (χ3n) is 4.97. The Labute approximate surface area is 190 Å². The molecule has 3 aromatic carbocycles. The van der Waals surface area contributed by atoms with Gasteiger partial charge in [-0.3, -0.25) is 9.59 Å². The second-order valence-corrected chi connectivity index (χ2v) is 7.51.